The van der Waals surface area contributed by atoms with Crippen LogP contribution in [0.15, 0.2) is 35.2 Å². The van der Waals surface area contributed by atoms with Gasteiger partial charge in [-0.15, -0.1) is 0 Å². The molecule has 1 aromatic carbocycles. The van der Waals surface area contributed by atoms with Gasteiger partial charge < -0.3 is 10.1 Å². The number of ether oxygens (including phenoxy) is 1. The molecule has 1 atom stereocenters. The number of rotatable bonds is 7. The second-order valence-electron chi connectivity index (χ2n) is 5.72. The Kier molecular flexibility index (Phi) is 7.59. The van der Waals surface area contributed by atoms with Crippen molar-refractivity contribution in [2.45, 2.75) is 30.6 Å². The minimum absolute atomic E-state index is 0.376. The van der Waals surface area contributed by atoms with E-state index in [1.807, 2.05) is 0 Å². The summed E-state index contributed by atoms with van der Waals surface area (Å²) in [6.45, 7) is 3.17. The summed E-state index contributed by atoms with van der Waals surface area (Å²) in [4.78, 5) is 24.4. The van der Waals surface area contributed by atoms with Crippen molar-refractivity contribution in [1.82, 2.24) is 9.78 Å². The molecule has 1 amide bonds. The van der Waals surface area contributed by atoms with Gasteiger partial charge in [0.05, 0.1) is 5.69 Å². The summed E-state index contributed by atoms with van der Waals surface area (Å²) < 4.78 is 31.1. The lowest BCUT2D eigenvalue weighted by atomic mass is 10.2. The Morgan fingerprint density at radius 1 is 1.32 bits per heavy atom. The van der Waals surface area contributed by atoms with Crippen LogP contribution in [0, 0.1) is 6.92 Å². The molecule has 1 N–H and O–H groups in total. The van der Waals surface area contributed by atoms with Crippen LogP contribution in [0.5, 0.6) is 0 Å². The number of halogens is 3. The van der Waals surface area contributed by atoms with Crippen molar-refractivity contribution >= 4 is 47.0 Å². The molecule has 0 aliphatic rings. The third-order valence-electron chi connectivity index (χ3n) is 3.59. The van der Waals surface area contributed by atoms with Gasteiger partial charge >= 0.3 is 5.97 Å². The van der Waals surface area contributed by atoms with E-state index in [-0.39, 0.29) is 0 Å². The molecule has 0 spiro atoms. The zero-order chi connectivity index (χ0) is 20.8. The van der Waals surface area contributed by atoms with Crippen molar-refractivity contribution in [3.63, 3.8) is 0 Å². The molecular formula is C18H18ClF2N3O3S. The van der Waals surface area contributed by atoms with E-state index in [0.29, 0.717) is 38.8 Å². The van der Waals surface area contributed by atoms with Crippen molar-refractivity contribution in [3.05, 3.63) is 46.8 Å². The van der Waals surface area contributed by atoms with Crippen LogP contribution in [0.2, 0.25) is 5.15 Å². The molecule has 0 saturated carbocycles. The first-order valence-corrected chi connectivity index (χ1v) is 9.36. The normalized spacial score (nSPS) is 12.4. The molecule has 1 heterocycles. The number of aromatic nitrogens is 2. The Balaban J connectivity index is 1.90. The van der Waals surface area contributed by atoms with Crippen LogP contribution in [0.25, 0.3) is 6.08 Å². The van der Waals surface area contributed by atoms with Crippen molar-refractivity contribution in [3.8, 4) is 0 Å². The number of carbonyl (C=O) groups is 2. The lowest BCUT2D eigenvalue weighted by molar-refractivity contribution is -0.148. The maximum atomic E-state index is 12.3. The molecule has 0 aliphatic carbocycles. The van der Waals surface area contributed by atoms with Gasteiger partial charge in [0.2, 0.25) is 0 Å². The topological polar surface area (TPSA) is 73.2 Å². The average molecular weight is 430 g/mol. The number of amides is 1. The maximum Gasteiger partial charge on any atom is 0.331 e. The van der Waals surface area contributed by atoms with Crippen LogP contribution in [-0.2, 0) is 21.4 Å². The molecule has 0 fully saturated rings. The molecule has 28 heavy (non-hydrogen) atoms. The van der Waals surface area contributed by atoms with Gasteiger partial charge in [-0.2, -0.15) is 13.9 Å². The number of aryl methyl sites for hydroxylation is 2. The number of anilines is 1. The van der Waals surface area contributed by atoms with Crippen LogP contribution < -0.4 is 5.32 Å². The van der Waals surface area contributed by atoms with Gasteiger partial charge in [-0.05, 0) is 44.2 Å². The predicted octanol–water partition coefficient (Wildman–Crippen LogP) is 4.28. The lowest BCUT2D eigenvalue weighted by Gasteiger charge is -2.12. The highest BCUT2D eigenvalue weighted by atomic mass is 35.5. The minimum Gasteiger partial charge on any atom is -0.449 e. The fraction of sp³-hybridized carbons (Fsp3) is 0.278. The number of esters is 1. The number of nitrogens with zero attached hydrogens (tertiary/aromatic N) is 2. The Hall–Kier alpha value is -2.39. The van der Waals surface area contributed by atoms with E-state index in [1.54, 1.807) is 14.0 Å². The van der Waals surface area contributed by atoms with Gasteiger partial charge in [0.15, 0.2) is 6.10 Å². The van der Waals surface area contributed by atoms with Crippen LogP contribution in [0.3, 0.4) is 0 Å². The van der Waals surface area contributed by atoms with E-state index in [4.69, 9.17) is 16.3 Å². The van der Waals surface area contributed by atoms with Gasteiger partial charge in [0.1, 0.15) is 5.15 Å². The fourth-order valence-electron chi connectivity index (χ4n) is 2.22. The van der Waals surface area contributed by atoms with Crippen molar-refractivity contribution in [2.75, 3.05) is 5.32 Å². The highest BCUT2D eigenvalue weighted by Crippen LogP contribution is 2.26. The summed E-state index contributed by atoms with van der Waals surface area (Å²) in [5, 5.41) is 7.05. The van der Waals surface area contributed by atoms with E-state index in [9.17, 15) is 18.4 Å². The van der Waals surface area contributed by atoms with Gasteiger partial charge in [0, 0.05) is 29.3 Å². The smallest absolute Gasteiger partial charge is 0.331 e. The average Bonchev–Trinajstić information content (AvgIpc) is 2.86. The Morgan fingerprint density at radius 3 is 2.50 bits per heavy atom. The second kappa shape index (κ2) is 9.70. The molecule has 0 saturated heterocycles. The molecule has 0 radical (unpaired) electrons. The third-order valence-corrected chi connectivity index (χ3v) is 4.76. The predicted molar refractivity (Wildman–Crippen MR) is 104 cm³/mol. The summed E-state index contributed by atoms with van der Waals surface area (Å²) in [6.07, 6.45) is 1.57. The second-order valence-corrected chi connectivity index (χ2v) is 7.14. The largest absolute Gasteiger partial charge is 0.449 e. The Bertz CT molecular complexity index is 885. The first-order chi connectivity index (χ1) is 13.2. The number of hydrogen-bond acceptors (Lipinski definition) is 5. The monoisotopic (exact) mass is 429 g/mol. The molecule has 0 aliphatic heterocycles. The van der Waals surface area contributed by atoms with E-state index in [2.05, 4.69) is 10.4 Å². The third kappa shape index (κ3) is 6.07. The quantitative estimate of drug-likeness (QED) is 0.404. The van der Waals surface area contributed by atoms with Crippen LogP contribution >= 0.6 is 23.4 Å². The zero-order valence-corrected chi connectivity index (χ0v) is 16.9. The number of carbonyl (C=O) groups excluding carboxylic acids is 2. The van der Waals surface area contributed by atoms with E-state index >= 15 is 0 Å². The highest BCUT2D eigenvalue weighted by Gasteiger charge is 2.17. The van der Waals surface area contributed by atoms with Gasteiger partial charge in [-0.3, -0.25) is 9.48 Å². The molecule has 2 aromatic rings. The van der Waals surface area contributed by atoms with Crippen LogP contribution in [-0.4, -0.2) is 33.5 Å². The minimum atomic E-state index is -2.52. The Morgan fingerprint density at radius 2 is 1.96 bits per heavy atom. The maximum absolute atomic E-state index is 12.3. The van der Waals surface area contributed by atoms with Gasteiger partial charge in [-0.1, -0.05) is 23.4 Å². The highest BCUT2D eigenvalue weighted by molar-refractivity contribution is 7.99. The molecule has 10 heteroatoms. The van der Waals surface area contributed by atoms with Crippen molar-refractivity contribution in [1.29, 1.82) is 0 Å². The van der Waals surface area contributed by atoms with E-state index in [1.165, 1.54) is 41.9 Å². The Labute approximate surface area is 169 Å². The van der Waals surface area contributed by atoms with E-state index < -0.39 is 23.7 Å². The molecule has 2 rings (SSSR count). The number of alkyl halides is 2. The van der Waals surface area contributed by atoms with E-state index in [0.717, 1.165) is 6.08 Å². The number of hydrogen-bond donors (Lipinski definition) is 1. The molecule has 1 unspecified atom stereocenters. The number of thioether (sulfide) groups is 1. The molecule has 1 aromatic heterocycles. The molecule has 6 nitrogen and oxygen atoms in total. The van der Waals surface area contributed by atoms with Crippen LogP contribution in [0.4, 0.5) is 14.5 Å². The molecule has 0 bridgehead atoms. The summed E-state index contributed by atoms with van der Waals surface area (Å²) >= 11 is 6.48. The lowest BCUT2D eigenvalue weighted by Crippen LogP contribution is -2.29. The van der Waals surface area contributed by atoms with Crippen molar-refractivity contribution in [2.24, 2.45) is 7.05 Å². The standard InChI is InChI=1S/C18H18ClF2N3O3S/c1-10-14(16(19)24(3)23-10)8-9-15(25)27-11(2)17(26)22-12-4-6-13(7-5-12)28-18(20)21/h4-9,11,18H,1-3H3,(H,22,26). The SMILES string of the molecule is Cc1nn(C)c(Cl)c1C=CC(=O)OC(C)C(=O)Nc1ccc(SC(F)F)cc1. The molecular weight excluding hydrogens is 412 g/mol. The summed E-state index contributed by atoms with van der Waals surface area (Å²) in [5.41, 5.74) is 1.63. The van der Waals surface area contributed by atoms with Crippen molar-refractivity contribution < 1.29 is 23.1 Å². The fourth-order valence-corrected chi connectivity index (χ4v) is 2.95. The summed E-state index contributed by atoms with van der Waals surface area (Å²) in [5.74, 6) is -3.78. The first-order valence-electron chi connectivity index (χ1n) is 8.11. The number of benzene rings is 1. The van der Waals surface area contributed by atoms with Crippen LogP contribution in [0.1, 0.15) is 18.2 Å². The molecule has 150 valence electrons. The first kappa shape index (κ1) is 21.9. The zero-order valence-electron chi connectivity index (χ0n) is 15.3. The van der Waals surface area contributed by atoms with Gasteiger partial charge in [0.25, 0.3) is 11.7 Å². The van der Waals surface area contributed by atoms with Gasteiger partial charge in [-0.25, -0.2) is 4.79 Å². The summed E-state index contributed by atoms with van der Waals surface area (Å²) in [7, 11) is 1.68. The summed E-state index contributed by atoms with van der Waals surface area (Å²) in [6, 6.07) is 5.91. The number of nitrogens with one attached hydrogen (secondary N) is 1.